The molecule has 0 N–H and O–H groups in total. The highest BCUT2D eigenvalue weighted by molar-refractivity contribution is 5.28. The van der Waals surface area contributed by atoms with Gasteiger partial charge in [-0.05, 0) is 61.7 Å². The summed E-state index contributed by atoms with van der Waals surface area (Å²) < 4.78 is 6.32. The van der Waals surface area contributed by atoms with Crippen LogP contribution in [0.5, 0.6) is 0 Å². The van der Waals surface area contributed by atoms with E-state index in [9.17, 15) is 0 Å². The first-order valence-corrected chi connectivity index (χ1v) is 7.13. The van der Waals surface area contributed by atoms with E-state index in [1.807, 2.05) is 0 Å². The maximum absolute atomic E-state index is 6.32. The molecule has 2 unspecified atom stereocenters. The van der Waals surface area contributed by atoms with Gasteiger partial charge in [0.25, 0.3) is 0 Å². The first-order valence-electron chi connectivity index (χ1n) is 7.13. The summed E-state index contributed by atoms with van der Waals surface area (Å²) in [6, 6.07) is 0. The molecular formula is C15H24O. The topological polar surface area (TPSA) is 12.5 Å². The van der Waals surface area contributed by atoms with Gasteiger partial charge in [0.05, 0.1) is 5.60 Å². The summed E-state index contributed by atoms with van der Waals surface area (Å²) in [5.41, 5.74) is 1.20. The maximum Gasteiger partial charge on any atom is 0.101 e. The molecular weight excluding hydrogens is 196 g/mol. The lowest BCUT2D eigenvalue weighted by molar-refractivity contribution is 0.176. The molecule has 4 aliphatic rings. The minimum Gasteiger partial charge on any atom is -0.363 e. The quantitative estimate of drug-likeness (QED) is 0.568. The van der Waals surface area contributed by atoms with Crippen molar-refractivity contribution in [3.63, 3.8) is 0 Å². The zero-order valence-corrected chi connectivity index (χ0v) is 11.0. The second-order valence-electron chi connectivity index (χ2n) is 7.76. The van der Waals surface area contributed by atoms with Crippen LogP contribution in [-0.2, 0) is 4.74 Å². The first-order chi connectivity index (χ1) is 7.42. The van der Waals surface area contributed by atoms with E-state index in [4.69, 9.17) is 4.74 Å². The predicted octanol–water partition coefficient (Wildman–Crippen LogP) is 3.63. The van der Waals surface area contributed by atoms with E-state index in [2.05, 4.69) is 27.7 Å². The minimum atomic E-state index is 0.270. The van der Waals surface area contributed by atoms with Gasteiger partial charge >= 0.3 is 0 Å². The minimum absolute atomic E-state index is 0.270. The van der Waals surface area contributed by atoms with Gasteiger partial charge in [0.15, 0.2) is 0 Å². The summed E-state index contributed by atoms with van der Waals surface area (Å²) in [5, 5.41) is 0. The number of epoxide rings is 1. The molecule has 1 spiro atoms. The van der Waals surface area contributed by atoms with Crippen molar-refractivity contribution in [2.24, 2.45) is 29.1 Å². The van der Waals surface area contributed by atoms with Crippen LogP contribution in [-0.4, -0.2) is 11.2 Å². The molecule has 0 aromatic heterocycles. The van der Waals surface area contributed by atoms with Crippen molar-refractivity contribution in [1.29, 1.82) is 0 Å². The normalized spacial score (nSPS) is 65.2. The molecule has 1 aliphatic heterocycles. The van der Waals surface area contributed by atoms with Gasteiger partial charge in [-0.25, -0.2) is 0 Å². The molecule has 90 valence electrons. The van der Waals surface area contributed by atoms with Crippen LogP contribution in [0, 0.1) is 29.1 Å². The average molecular weight is 220 g/mol. The Morgan fingerprint density at radius 1 is 1.00 bits per heavy atom. The van der Waals surface area contributed by atoms with Crippen molar-refractivity contribution in [3.8, 4) is 0 Å². The Hall–Kier alpha value is -0.0400. The second-order valence-corrected chi connectivity index (χ2v) is 7.76. The first kappa shape index (κ1) is 9.94. The van der Waals surface area contributed by atoms with Crippen LogP contribution in [0.3, 0.4) is 0 Å². The fourth-order valence-electron chi connectivity index (χ4n) is 5.75. The number of hydrogen-bond donors (Lipinski definition) is 0. The fourth-order valence-corrected chi connectivity index (χ4v) is 5.75. The van der Waals surface area contributed by atoms with Gasteiger partial charge in [0, 0.05) is 0 Å². The van der Waals surface area contributed by atoms with E-state index < -0.39 is 0 Å². The molecule has 0 amide bonds. The van der Waals surface area contributed by atoms with Gasteiger partial charge < -0.3 is 4.74 Å². The zero-order valence-electron chi connectivity index (χ0n) is 11.0. The van der Waals surface area contributed by atoms with Crippen molar-refractivity contribution >= 4 is 0 Å². The van der Waals surface area contributed by atoms with E-state index >= 15 is 0 Å². The molecule has 3 saturated carbocycles. The van der Waals surface area contributed by atoms with Crippen molar-refractivity contribution in [1.82, 2.24) is 0 Å². The molecule has 1 heteroatoms. The van der Waals surface area contributed by atoms with Crippen LogP contribution in [0.4, 0.5) is 0 Å². The third-order valence-corrected chi connectivity index (χ3v) is 6.84. The third kappa shape index (κ3) is 0.836. The lowest BCUT2D eigenvalue weighted by Crippen LogP contribution is -2.31. The van der Waals surface area contributed by atoms with Crippen LogP contribution in [0.1, 0.15) is 53.4 Å². The highest BCUT2D eigenvalue weighted by Gasteiger charge is 2.80. The Morgan fingerprint density at radius 2 is 1.75 bits per heavy atom. The van der Waals surface area contributed by atoms with Gasteiger partial charge in [-0.1, -0.05) is 20.8 Å². The summed E-state index contributed by atoms with van der Waals surface area (Å²) >= 11 is 0. The molecule has 0 radical (unpaired) electrons. The van der Waals surface area contributed by atoms with E-state index in [-0.39, 0.29) is 5.60 Å². The van der Waals surface area contributed by atoms with Crippen LogP contribution >= 0.6 is 0 Å². The van der Waals surface area contributed by atoms with Crippen LogP contribution < -0.4 is 0 Å². The van der Waals surface area contributed by atoms with Crippen molar-refractivity contribution in [2.75, 3.05) is 0 Å². The maximum atomic E-state index is 6.32. The molecule has 3 aliphatic carbocycles. The molecule has 0 bridgehead atoms. The van der Waals surface area contributed by atoms with Crippen LogP contribution in [0.25, 0.3) is 0 Å². The molecule has 0 aromatic carbocycles. The molecule has 0 aromatic rings. The monoisotopic (exact) mass is 220 g/mol. The number of hydrogen-bond acceptors (Lipinski definition) is 1. The van der Waals surface area contributed by atoms with Gasteiger partial charge in [0.2, 0.25) is 0 Å². The summed E-state index contributed by atoms with van der Waals surface area (Å²) in [6.45, 7) is 9.84. The Balaban J connectivity index is 1.77. The predicted molar refractivity (Wildman–Crippen MR) is 64.1 cm³/mol. The Labute approximate surface area is 98.9 Å². The van der Waals surface area contributed by atoms with Crippen LogP contribution in [0.2, 0.25) is 0 Å². The van der Waals surface area contributed by atoms with Crippen molar-refractivity contribution in [2.45, 2.75) is 64.6 Å². The Morgan fingerprint density at radius 3 is 2.50 bits per heavy atom. The van der Waals surface area contributed by atoms with Gasteiger partial charge in [-0.15, -0.1) is 0 Å². The molecule has 16 heavy (non-hydrogen) atoms. The summed E-state index contributed by atoms with van der Waals surface area (Å²) in [6.07, 6.45) is 5.48. The van der Waals surface area contributed by atoms with E-state index in [0.29, 0.717) is 11.0 Å². The number of rotatable bonds is 0. The van der Waals surface area contributed by atoms with Gasteiger partial charge in [0.1, 0.15) is 5.60 Å². The third-order valence-electron chi connectivity index (χ3n) is 6.84. The lowest BCUT2D eigenvalue weighted by atomic mass is 9.77. The van der Waals surface area contributed by atoms with Gasteiger partial charge in [-0.3, -0.25) is 0 Å². The Bertz CT molecular complexity index is 356. The molecule has 1 heterocycles. The second kappa shape index (κ2) is 2.39. The molecule has 4 rings (SSSR count). The van der Waals surface area contributed by atoms with Gasteiger partial charge in [-0.2, -0.15) is 0 Å². The van der Waals surface area contributed by atoms with Crippen molar-refractivity contribution in [3.05, 3.63) is 0 Å². The standard InChI is InChI=1S/C15H24O/c1-9-5-8-15-11(9)12-10(13(12,2)3)6-7-14(15,4)16-15/h9-12H,5-8H2,1-4H3/t9-,10-,11+,12-,14?,15?/m0/s1. The molecule has 6 atom stereocenters. The zero-order chi connectivity index (χ0) is 11.3. The molecule has 4 fully saturated rings. The van der Waals surface area contributed by atoms with E-state index in [1.54, 1.807) is 0 Å². The smallest absolute Gasteiger partial charge is 0.101 e. The van der Waals surface area contributed by atoms with E-state index in [0.717, 1.165) is 23.7 Å². The number of ether oxygens (including phenoxy) is 1. The summed E-state index contributed by atoms with van der Waals surface area (Å²) in [7, 11) is 0. The van der Waals surface area contributed by atoms with Crippen molar-refractivity contribution < 1.29 is 4.74 Å². The largest absolute Gasteiger partial charge is 0.363 e. The number of fused-ring (bicyclic) bond motifs is 2. The highest BCUT2D eigenvalue weighted by atomic mass is 16.6. The summed E-state index contributed by atoms with van der Waals surface area (Å²) in [4.78, 5) is 0. The molecule has 1 saturated heterocycles. The fraction of sp³-hybridized carbons (Fsp3) is 1.00. The highest BCUT2D eigenvalue weighted by Crippen LogP contribution is 2.78. The SMILES string of the molecule is C[C@H]1CCC23OC2(C)CC[C@H]2[C@@H]([C@@H]13)C2(C)C. The summed E-state index contributed by atoms with van der Waals surface area (Å²) in [5.74, 6) is 3.74. The molecule has 1 nitrogen and oxygen atoms in total. The average Bonchev–Trinajstić information content (AvgIpc) is 2.90. The lowest BCUT2D eigenvalue weighted by Gasteiger charge is -2.23. The Kier molecular flexibility index (Phi) is 1.48. The van der Waals surface area contributed by atoms with Crippen LogP contribution in [0.15, 0.2) is 0 Å². The van der Waals surface area contributed by atoms with E-state index in [1.165, 1.54) is 25.7 Å².